The lowest BCUT2D eigenvalue weighted by Crippen LogP contribution is -2.29. The van der Waals surface area contributed by atoms with Gasteiger partial charge in [0.1, 0.15) is 5.82 Å². The molecule has 7 heteroatoms. The molecule has 0 aromatic carbocycles. The van der Waals surface area contributed by atoms with Crippen LogP contribution < -0.4 is 10.2 Å². The molecule has 0 saturated carbocycles. The Kier molecular flexibility index (Phi) is 4.58. The van der Waals surface area contributed by atoms with E-state index in [1.165, 1.54) is 4.88 Å². The maximum Gasteiger partial charge on any atom is 0.261 e. The van der Waals surface area contributed by atoms with E-state index < -0.39 is 0 Å². The Morgan fingerprint density at radius 3 is 3.04 bits per heavy atom. The van der Waals surface area contributed by atoms with Gasteiger partial charge in [-0.15, -0.1) is 11.3 Å². The number of aromatic nitrogens is 2. The zero-order valence-corrected chi connectivity index (χ0v) is 14.5. The summed E-state index contributed by atoms with van der Waals surface area (Å²) < 4.78 is 0. The van der Waals surface area contributed by atoms with Gasteiger partial charge in [-0.25, -0.2) is 9.97 Å². The van der Waals surface area contributed by atoms with Crippen molar-refractivity contribution >= 4 is 28.2 Å². The Balaban J connectivity index is 1.78. The van der Waals surface area contributed by atoms with Gasteiger partial charge in [-0.05, 0) is 18.7 Å². The number of nitrogens with zero attached hydrogens (tertiary/aromatic N) is 4. The van der Waals surface area contributed by atoms with Crippen LogP contribution in [0.1, 0.15) is 27.9 Å². The van der Waals surface area contributed by atoms with Gasteiger partial charge in [0.25, 0.3) is 5.91 Å². The van der Waals surface area contributed by atoms with Crippen LogP contribution in [0.5, 0.6) is 0 Å². The number of pyridine rings is 1. The fraction of sp³-hybridized carbons (Fsp3) is 0.438. The average molecular weight is 331 g/mol. The highest BCUT2D eigenvalue weighted by molar-refractivity contribution is 7.15. The van der Waals surface area contributed by atoms with E-state index in [0.717, 1.165) is 31.7 Å². The highest BCUT2D eigenvalue weighted by Crippen LogP contribution is 2.28. The van der Waals surface area contributed by atoms with Crippen molar-refractivity contribution in [2.75, 3.05) is 37.4 Å². The van der Waals surface area contributed by atoms with Gasteiger partial charge in [-0.1, -0.05) is 6.92 Å². The minimum absolute atomic E-state index is 0.166. The van der Waals surface area contributed by atoms with Crippen molar-refractivity contribution in [1.29, 1.82) is 0 Å². The van der Waals surface area contributed by atoms with Crippen LogP contribution in [0.25, 0.3) is 0 Å². The van der Waals surface area contributed by atoms with E-state index in [1.807, 2.05) is 19.0 Å². The molecule has 0 radical (unpaired) electrons. The maximum absolute atomic E-state index is 12.6. The molecule has 1 amide bonds. The number of fused-ring (bicyclic) bond motifs is 1. The van der Waals surface area contributed by atoms with E-state index >= 15 is 0 Å². The van der Waals surface area contributed by atoms with Gasteiger partial charge in [0.05, 0.1) is 11.3 Å². The highest BCUT2D eigenvalue weighted by Gasteiger charge is 2.21. The fourth-order valence-electron chi connectivity index (χ4n) is 2.67. The van der Waals surface area contributed by atoms with Crippen LogP contribution in [0, 0.1) is 0 Å². The summed E-state index contributed by atoms with van der Waals surface area (Å²) in [5.41, 5.74) is 1.68. The Labute approximate surface area is 140 Å². The summed E-state index contributed by atoms with van der Waals surface area (Å²) in [5.74, 6) is 0.490. The van der Waals surface area contributed by atoms with E-state index in [1.54, 1.807) is 29.7 Å². The molecule has 0 bridgehead atoms. The smallest absolute Gasteiger partial charge is 0.261 e. The third-order valence-corrected chi connectivity index (χ3v) is 4.93. The van der Waals surface area contributed by atoms with Crippen LogP contribution in [-0.4, -0.2) is 48.0 Å². The zero-order valence-electron chi connectivity index (χ0n) is 13.7. The molecule has 0 atom stereocenters. The first-order valence-electron chi connectivity index (χ1n) is 7.73. The molecule has 1 aliphatic heterocycles. The van der Waals surface area contributed by atoms with E-state index in [9.17, 15) is 4.79 Å². The van der Waals surface area contributed by atoms with Crippen LogP contribution in [-0.2, 0) is 13.0 Å². The first-order valence-corrected chi connectivity index (χ1v) is 8.54. The van der Waals surface area contributed by atoms with Gasteiger partial charge in [0.15, 0.2) is 5.13 Å². The summed E-state index contributed by atoms with van der Waals surface area (Å²) in [6, 6.07) is 3.55. The zero-order chi connectivity index (χ0) is 16.4. The second kappa shape index (κ2) is 6.64. The number of carbonyl (C=O) groups is 1. The molecular weight excluding hydrogens is 310 g/mol. The van der Waals surface area contributed by atoms with Gasteiger partial charge in [-0.3, -0.25) is 15.0 Å². The topological polar surface area (TPSA) is 61.4 Å². The summed E-state index contributed by atoms with van der Waals surface area (Å²) in [7, 11) is 3.75. The predicted octanol–water partition coefficient (Wildman–Crippen LogP) is 2.23. The molecule has 0 unspecified atom stereocenters. The summed E-state index contributed by atoms with van der Waals surface area (Å²) in [6.45, 7) is 5.17. The van der Waals surface area contributed by atoms with Crippen molar-refractivity contribution in [3.63, 3.8) is 0 Å². The molecule has 3 heterocycles. The molecule has 0 spiro atoms. The maximum atomic E-state index is 12.6. The third-order valence-electron chi connectivity index (χ3n) is 3.93. The van der Waals surface area contributed by atoms with Crippen LogP contribution >= 0.6 is 11.3 Å². The van der Waals surface area contributed by atoms with Crippen molar-refractivity contribution in [3.8, 4) is 0 Å². The van der Waals surface area contributed by atoms with Crippen molar-refractivity contribution in [3.05, 3.63) is 34.5 Å². The van der Waals surface area contributed by atoms with Crippen molar-refractivity contribution in [1.82, 2.24) is 14.9 Å². The molecule has 0 fully saturated rings. The Morgan fingerprint density at radius 1 is 1.48 bits per heavy atom. The molecule has 3 rings (SSSR count). The molecular formula is C16H21N5OS. The molecule has 122 valence electrons. The third kappa shape index (κ3) is 3.35. The van der Waals surface area contributed by atoms with Crippen molar-refractivity contribution < 1.29 is 4.79 Å². The number of anilines is 2. The minimum Gasteiger partial charge on any atom is -0.362 e. The van der Waals surface area contributed by atoms with Crippen LogP contribution in [0.15, 0.2) is 18.3 Å². The van der Waals surface area contributed by atoms with E-state index in [2.05, 4.69) is 27.1 Å². The molecule has 2 aromatic rings. The van der Waals surface area contributed by atoms with Gasteiger partial charge >= 0.3 is 0 Å². The average Bonchev–Trinajstić information content (AvgIpc) is 2.95. The molecule has 23 heavy (non-hydrogen) atoms. The standard InChI is InChI=1S/C16H21N5OS/c1-4-21-9-7-12-13(10-21)23-16(18-12)19-15(22)11-6-5-8-17-14(11)20(2)3/h5-6,8H,4,7,9-10H2,1-3H3,(H,18,19,22). The molecule has 2 aromatic heterocycles. The van der Waals surface area contributed by atoms with Gasteiger partial charge in [0, 0.05) is 44.7 Å². The molecule has 1 N–H and O–H groups in total. The monoisotopic (exact) mass is 331 g/mol. The normalized spacial score (nSPS) is 14.4. The number of hydrogen-bond acceptors (Lipinski definition) is 6. The molecule has 0 aliphatic carbocycles. The van der Waals surface area contributed by atoms with Gasteiger partial charge < -0.3 is 4.90 Å². The Bertz CT molecular complexity index is 712. The summed E-state index contributed by atoms with van der Waals surface area (Å²) in [4.78, 5) is 26.9. The molecule has 6 nitrogen and oxygen atoms in total. The van der Waals surface area contributed by atoms with Crippen molar-refractivity contribution in [2.45, 2.75) is 19.9 Å². The summed E-state index contributed by atoms with van der Waals surface area (Å²) >= 11 is 1.57. The number of hydrogen-bond donors (Lipinski definition) is 1. The molecule has 0 saturated heterocycles. The molecule has 1 aliphatic rings. The number of carbonyl (C=O) groups excluding carboxylic acids is 1. The Morgan fingerprint density at radius 2 is 2.30 bits per heavy atom. The lowest BCUT2D eigenvalue weighted by atomic mass is 10.2. The number of likely N-dealkylation sites (N-methyl/N-ethyl adjacent to an activating group) is 1. The first kappa shape index (κ1) is 15.9. The van der Waals surface area contributed by atoms with E-state index in [4.69, 9.17) is 0 Å². The summed E-state index contributed by atoms with van der Waals surface area (Å²) in [6.07, 6.45) is 2.64. The number of rotatable bonds is 4. The Hall–Kier alpha value is -1.99. The fourth-order valence-corrected chi connectivity index (χ4v) is 3.71. The van der Waals surface area contributed by atoms with E-state index in [-0.39, 0.29) is 5.91 Å². The SMILES string of the molecule is CCN1CCc2nc(NC(=O)c3cccnc3N(C)C)sc2C1. The number of amides is 1. The van der Waals surface area contributed by atoms with Crippen LogP contribution in [0.3, 0.4) is 0 Å². The minimum atomic E-state index is -0.166. The second-order valence-corrected chi connectivity index (χ2v) is 6.81. The van der Waals surface area contributed by atoms with Gasteiger partial charge in [0.2, 0.25) is 0 Å². The predicted molar refractivity (Wildman–Crippen MR) is 93.3 cm³/mol. The lowest BCUT2D eigenvalue weighted by molar-refractivity contribution is 0.102. The second-order valence-electron chi connectivity index (χ2n) is 5.73. The largest absolute Gasteiger partial charge is 0.362 e. The highest BCUT2D eigenvalue weighted by atomic mass is 32.1. The first-order chi connectivity index (χ1) is 11.1. The lowest BCUT2D eigenvalue weighted by Gasteiger charge is -2.23. The van der Waals surface area contributed by atoms with Crippen LogP contribution in [0.4, 0.5) is 10.9 Å². The van der Waals surface area contributed by atoms with Crippen LogP contribution in [0.2, 0.25) is 0 Å². The quantitative estimate of drug-likeness (QED) is 0.931. The number of thiazole rings is 1. The summed E-state index contributed by atoms with van der Waals surface area (Å²) in [5, 5.41) is 3.60. The van der Waals surface area contributed by atoms with E-state index in [0.29, 0.717) is 16.5 Å². The van der Waals surface area contributed by atoms with Gasteiger partial charge in [-0.2, -0.15) is 0 Å². The van der Waals surface area contributed by atoms with Crippen molar-refractivity contribution in [2.24, 2.45) is 0 Å². The number of nitrogens with one attached hydrogen (secondary N) is 1.